The number of nitrogens with zero attached hydrogens (tertiary/aromatic N) is 4. The van der Waals surface area contributed by atoms with E-state index in [2.05, 4.69) is 36.2 Å². The number of thiazole rings is 1. The number of aromatic nitrogens is 3. The minimum Gasteiger partial charge on any atom is -0.397 e. The van der Waals surface area contributed by atoms with Gasteiger partial charge in [0.1, 0.15) is 17.9 Å². The predicted molar refractivity (Wildman–Crippen MR) is 273 cm³/mol. The third-order valence-corrected chi connectivity index (χ3v) is 13.1. The van der Waals surface area contributed by atoms with Crippen molar-refractivity contribution in [3.8, 4) is 21.6 Å². The number of carbonyl (C=O) groups is 5. The molecule has 5 amide bonds. The van der Waals surface area contributed by atoms with Gasteiger partial charge in [-0.2, -0.15) is 0 Å². The van der Waals surface area contributed by atoms with Gasteiger partial charge in [-0.15, -0.1) is 11.3 Å². The Labute approximate surface area is 422 Å². The molecule has 3 aromatic heterocycles. The summed E-state index contributed by atoms with van der Waals surface area (Å²) in [6.45, 7) is 11.1. The number of nitrogens with two attached hydrogens (primary N) is 2. The molecule has 1 aliphatic heterocycles. The third kappa shape index (κ3) is 14.9. The lowest BCUT2D eigenvalue weighted by atomic mass is 9.85. The fourth-order valence-electron chi connectivity index (χ4n) is 8.06. The maximum Gasteiger partial charge on any atom is 0.246 e. The molecular formula is C51H65FN10O9S. The number of amides is 5. The monoisotopic (exact) mass is 1010 g/mol. The van der Waals surface area contributed by atoms with E-state index < -0.39 is 41.2 Å². The first-order valence-electron chi connectivity index (χ1n) is 23.8. The van der Waals surface area contributed by atoms with Crippen molar-refractivity contribution in [1.82, 2.24) is 35.8 Å². The second-order valence-corrected chi connectivity index (χ2v) is 19.5. The predicted octanol–water partition coefficient (Wildman–Crippen LogP) is 4.81. The second-order valence-electron chi connectivity index (χ2n) is 18.6. The minimum atomic E-state index is -0.956. The summed E-state index contributed by atoms with van der Waals surface area (Å²) >= 11 is 1.56. The summed E-state index contributed by atoms with van der Waals surface area (Å²) in [6.07, 6.45) is 4.10. The van der Waals surface area contributed by atoms with Crippen molar-refractivity contribution in [1.29, 1.82) is 0 Å². The number of ether oxygens (including phenoxy) is 3. The van der Waals surface area contributed by atoms with Crippen LogP contribution in [-0.2, 0) is 44.7 Å². The van der Waals surface area contributed by atoms with Gasteiger partial charge in [-0.3, -0.25) is 29.0 Å². The fraction of sp³-hybridized carbons (Fsp3) is 0.451. The summed E-state index contributed by atoms with van der Waals surface area (Å²) in [6, 6.07) is 9.19. The maximum absolute atomic E-state index is 15.3. The zero-order valence-corrected chi connectivity index (χ0v) is 42.2. The number of rotatable bonds is 24. The summed E-state index contributed by atoms with van der Waals surface area (Å²) in [4.78, 5) is 80.4. The number of hydrogen-bond acceptors (Lipinski definition) is 15. The summed E-state index contributed by atoms with van der Waals surface area (Å²) in [5, 5.41) is 22.7. The summed E-state index contributed by atoms with van der Waals surface area (Å²) in [5.41, 5.74) is 17.8. The highest BCUT2D eigenvalue weighted by molar-refractivity contribution is 7.13. The van der Waals surface area contributed by atoms with E-state index in [1.165, 1.54) is 23.5 Å². The molecule has 4 heterocycles. The number of nitrogen functional groups attached to an aromatic ring is 2. The molecule has 0 radical (unpaired) electrons. The smallest absolute Gasteiger partial charge is 0.246 e. The molecule has 1 aliphatic rings. The average molecular weight is 1010 g/mol. The molecule has 2 aromatic carbocycles. The van der Waals surface area contributed by atoms with E-state index in [0.29, 0.717) is 34.0 Å². The number of nitrogens with one attached hydrogen (secondary N) is 4. The van der Waals surface area contributed by atoms with Crippen molar-refractivity contribution in [2.75, 3.05) is 69.5 Å². The molecule has 386 valence electrons. The van der Waals surface area contributed by atoms with Gasteiger partial charge < -0.3 is 57.0 Å². The van der Waals surface area contributed by atoms with E-state index in [0.717, 1.165) is 21.7 Å². The van der Waals surface area contributed by atoms with Crippen LogP contribution in [0.3, 0.4) is 0 Å². The fourth-order valence-corrected chi connectivity index (χ4v) is 8.87. The van der Waals surface area contributed by atoms with Crippen LogP contribution in [0.4, 0.5) is 21.6 Å². The molecule has 1 fully saturated rings. The summed E-state index contributed by atoms with van der Waals surface area (Å²) < 4.78 is 31.9. The molecule has 3 atom stereocenters. The first-order chi connectivity index (χ1) is 34.4. The van der Waals surface area contributed by atoms with Crippen LogP contribution in [0, 0.1) is 25.1 Å². The topological polar surface area (TPSA) is 275 Å². The highest BCUT2D eigenvalue weighted by Gasteiger charge is 2.44. The quantitative estimate of drug-likeness (QED) is 0.0323. The number of fused-ring (bicyclic) bond motifs is 1. The number of likely N-dealkylation sites (tertiary alicyclic amines) is 1. The van der Waals surface area contributed by atoms with Crippen LogP contribution in [-0.4, -0.2) is 125 Å². The SMILES string of the molecule is Cc1ncsc1-c1ccc(CNC(=O)[C@@H]2C[C@@H](O)CN2C(=O)[C@@H](NC(=O)CCOCCOCCOCCNC(=O)CCCC(=O)Nc2cc3cc(-c4cncc(N)c4C)c(F)c(N)c3cn2)C(C)(C)C)cc1. The number of anilines is 3. The lowest BCUT2D eigenvalue weighted by Crippen LogP contribution is -2.57. The Morgan fingerprint density at radius 3 is 2.25 bits per heavy atom. The standard InChI is InChI=1S/C51H65FN10O9S/c1-30-37(25-55-27-39(30)53)36-21-34-22-41(57-26-38(34)46(54)45(36)52)60-43(65)8-6-7-42(64)56-14-16-70-18-20-71-19-17-69-15-13-44(66)61-48(51(3,4)5)50(68)62-28-35(63)23-40(62)49(67)58-24-32-9-11-33(12-10-32)47-31(2)59-29-72-47/h9-12,21-22,25-27,29,35,40,48,63H,6-8,13-20,23-24,28,53-54H2,1-5H3,(H,56,64)(H,58,67)(H,61,66)(H,57,60,65)/t35-,40+,48-/m1/s1. The van der Waals surface area contributed by atoms with E-state index in [-0.39, 0.29) is 120 Å². The lowest BCUT2D eigenvalue weighted by molar-refractivity contribution is -0.144. The van der Waals surface area contributed by atoms with Crippen LogP contribution in [0.5, 0.6) is 0 Å². The van der Waals surface area contributed by atoms with E-state index in [4.69, 9.17) is 25.7 Å². The van der Waals surface area contributed by atoms with Gasteiger partial charge in [-0.1, -0.05) is 45.0 Å². The van der Waals surface area contributed by atoms with Gasteiger partial charge in [0.25, 0.3) is 0 Å². The molecule has 21 heteroatoms. The molecule has 5 aromatic rings. The number of aliphatic hydroxyl groups excluding tert-OH is 1. The van der Waals surface area contributed by atoms with Crippen molar-refractivity contribution in [2.24, 2.45) is 5.41 Å². The van der Waals surface area contributed by atoms with E-state index >= 15 is 4.39 Å². The summed E-state index contributed by atoms with van der Waals surface area (Å²) in [5.74, 6) is -2.15. The molecule has 1 saturated heterocycles. The molecule has 19 nitrogen and oxygen atoms in total. The van der Waals surface area contributed by atoms with Crippen molar-refractivity contribution < 1.29 is 47.7 Å². The molecule has 0 saturated carbocycles. The Morgan fingerprint density at radius 1 is 0.861 bits per heavy atom. The molecule has 0 unspecified atom stereocenters. The van der Waals surface area contributed by atoms with Crippen molar-refractivity contribution >= 4 is 68.8 Å². The molecule has 0 aliphatic carbocycles. The van der Waals surface area contributed by atoms with Gasteiger partial charge in [0.2, 0.25) is 29.5 Å². The maximum atomic E-state index is 15.3. The van der Waals surface area contributed by atoms with Gasteiger partial charge in [-0.25, -0.2) is 14.4 Å². The highest BCUT2D eigenvalue weighted by atomic mass is 32.1. The van der Waals surface area contributed by atoms with E-state index in [9.17, 15) is 29.1 Å². The largest absolute Gasteiger partial charge is 0.397 e. The number of halogens is 1. The lowest BCUT2D eigenvalue weighted by Gasteiger charge is -2.35. The van der Waals surface area contributed by atoms with Gasteiger partial charge >= 0.3 is 0 Å². The molecular weight excluding hydrogens is 948 g/mol. The molecule has 72 heavy (non-hydrogen) atoms. The normalized spacial score (nSPS) is 15.1. The minimum absolute atomic E-state index is 0.00909. The first-order valence-corrected chi connectivity index (χ1v) is 24.7. The van der Waals surface area contributed by atoms with Crippen LogP contribution in [0.1, 0.15) is 69.7 Å². The van der Waals surface area contributed by atoms with Crippen molar-refractivity contribution in [3.05, 3.63) is 83.1 Å². The van der Waals surface area contributed by atoms with Crippen LogP contribution in [0.15, 0.2) is 60.5 Å². The third-order valence-electron chi connectivity index (χ3n) is 12.1. The Morgan fingerprint density at radius 2 is 1.56 bits per heavy atom. The van der Waals surface area contributed by atoms with Crippen LogP contribution in [0.25, 0.3) is 32.3 Å². The van der Waals surface area contributed by atoms with Gasteiger partial charge in [0.15, 0.2) is 5.82 Å². The number of aliphatic hydroxyl groups is 1. The number of carbonyl (C=O) groups excluding carboxylic acids is 5. The zero-order chi connectivity index (χ0) is 52.0. The van der Waals surface area contributed by atoms with Gasteiger partial charge in [0.05, 0.1) is 79.4 Å². The van der Waals surface area contributed by atoms with Crippen LogP contribution in [0.2, 0.25) is 0 Å². The Kier molecular flexibility index (Phi) is 19.5. The number of β-amino-alcohol motifs (C(OH)–C–C–N with tert-alkyl or cyclic N) is 1. The zero-order valence-electron chi connectivity index (χ0n) is 41.3. The second kappa shape index (κ2) is 25.6. The first kappa shape index (κ1) is 54.7. The molecule has 9 N–H and O–H groups in total. The van der Waals surface area contributed by atoms with Gasteiger partial charge in [0, 0.05) is 74.2 Å². The molecule has 6 rings (SSSR count). The van der Waals surface area contributed by atoms with E-state index in [1.54, 1.807) is 35.9 Å². The van der Waals surface area contributed by atoms with Crippen LogP contribution < -0.4 is 32.7 Å². The van der Waals surface area contributed by atoms with Gasteiger partial charge in [-0.05, 0) is 59.9 Å². The van der Waals surface area contributed by atoms with Crippen molar-refractivity contribution in [3.63, 3.8) is 0 Å². The highest BCUT2D eigenvalue weighted by Crippen LogP contribution is 2.36. The molecule has 0 spiro atoms. The van der Waals surface area contributed by atoms with E-state index in [1.807, 2.05) is 52.0 Å². The molecule has 0 bridgehead atoms. The number of aryl methyl sites for hydroxylation is 1. The summed E-state index contributed by atoms with van der Waals surface area (Å²) in [7, 11) is 0. The Hall–Kier alpha value is -6.65. The average Bonchev–Trinajstić information content (AvgIpc) is 3.96. The van der Waals surface area contributed by atoms with Crippen LogP contribution >= 0.6 is 11.3 Å². The Balaban J connectivity index is 0.798. The Bertz CT molecular complexity index is 2700. The number of hydrogen-bond donors (Lipinski definition) is 7. The number of benzene rings is 2. The van der Waals surface area contributed by atoms with Crippen molar-refractivity contribution in [2.45, 2.75) is 91.5 Å². The number of pyridine rings is 2.